The molecule has 1 aromatic carbocycles. The second-order valence-electron chi connectivity index (χ2n) is 5.45. The molecule has 0 saturated carbocycles. The second kappa shape index (κ2) is 8.96. The number of hydrogen-bond donors (Lipinski definition) is 1. The zero-order chi connectivity index (χ0) is 20.0. The first kappa shape index (κ1) is 20.8. The highest BCUT2D eigenvalue weighted by molar-refractivity contribution is 7.91. The maximum Gasteiger partial charge on any atom is 0.350 e. The number of esters is 1. The van der Waals surface area contributed by atoms with E-state index in [-0.39, 0.29) is 28.8 Å². The fourth-order valence-electron chi connectivity index (χ4n) is 2.15. The molecule has 27 heavy (non-hydrogen) atoms. The molecule has 1 N–H and O–H groups in total. The Morgan fingerprint density at radius 1 is 1.22 bits per heavy atom. The largest absolute Gasteiger partial charge is 0.497 e. The summed E-state index contributed by atoms with van der Waals surface area (Å²) in [7, 11) is -2.12. The molecule has 2 rings (SSSR count). The van der Waals surface area contributed by atoms with Crippen LogP contribution in [0.1, 0.15) is 28.7 Å². The van der Waals surface area contributed by atoms with Crippen LogP contribution in [0.5, 0.6) is 5.75 Å². The average molecular weight is 412 g/mol. The lowest BCUT2D eigenvalue weighted by Gasteiger charge is -2.06. The van der Waals surface area contributed by atoms with Crippen LogP contribution in [0.2, 0.25) is 0 Å². The molecule has 1 aromatic heterocycles. The molecule has 146 valence electrons. The number of thiazole rings is 1. The minimum atomic E-state index is -3.60. The quantitative estimate of drug-likeness (QED) is 0.663. The van der Waals surface area contributed by atoms with Gasteiger partial charge in [-0.15, -0.1) is 0 Å². The first-order valence-corrected chi connectivity index (χ1v) is 10.5. The van der Waals surface area contributed by atoms with Crippen molar-refractivity contribution in [3.63, 3.8) is 0 Å². The lowest BCUT2D eigenvalue weighted by molar-refractivity contribution is -0.115. The number of amides is 1. The molecule has 0 fully saturated rings. The van der Waals surface area contributed by atoms with Crippen molar-refractivity contribution >= 4 is 38.2 Å². The van der Waals surface area contributed by atoms with E-state index in [1.54, 1.807) is 26.0 Å². The van der Waals surface area contributed by atoms with Crippen LogP contribution in [0.15, 0.2) is 29.2 Å². The van der Waals surface area contributed by atoms with Gasteiger partial charge in [-0.05, 0) is 38.1 Å². The second-order valence-corrected chi connectivity index (χ2v) is 8.55. The number of nitrogens with zero attached hydrogens (tertiary/aromatic N) is 1. The zero-order valence-corrected chi connectivity index (χ0v) is 16.8. The van der Waals surface area contributed by atoms with Gasteiger partial charge >= 0.3 is 5.97 Å². The van der Waals surface area contributed by atoms with Gasteiger partial charge in [-0.25, -0.2) is 18.2 Å². The molecule has 1 amide bonds. The van der Waals surface area contributed by atoms with Crippen molar-refractivity contribution in [2.24, 2.45) is 0 Å². The number of anilines is 1. The molecule has 1 heterocycles. The minimum Gasteiger partial charge on any atom is -0.497 e. The molecule has 0 radical (unpaired) electrons. The summed E-state index contributed by atoms with van der Waals surface area (Å²) in [4.78, 5) is 28.4. The third kappa shape index (κ3) is 5.51. The summed E-state index contributed by atoms with van der Waals surface area (Å²) in [6.45, 7) is 3.56. The summed E-state index contributed by atoms with van der Waals surface area (Å²) >= 11 is 0.989. The SMILES string of the molecule is CCOC(=O)c1sc(NC(=O)CCS(=O)(=O)c2ccc(OC)cc2)nc1C. The number of hydrogen-bond acceptors (Lipinski definition) is 8. The molecule has 0 aliphatic heterocycles. The van der Waals surface area contributed by atoms with E-state index in [9.17, 15) is 18.0 Å². The van der Waals surface area contributed by atoms with Gasteiger partial charge in [0, 0.05) is 6.42 Å². The number of benzene rings is 1. The number of sulfone groups is 1. The van der Waals surface area contributed by atoms with Gasteiger partial charge in [0.15, 0.2) is 15.0 Å². The number of carbonyl (C=O) groups excluding carboxylic acids is 2. The van der Waals surface area contributed by atoms with Crippen LogP contribution in [0.25, 0.3) is 0 Å². The Labute approximate surface area is 161 Å². The minimum absolute atomic E-state index is 0.116. The van der Waals surface area contributed by atoms with Gasteiger partial charge in [0.05, 0.1) is 30.1 Å². The fraction of sp³-hybridized carbons (Fsp3) is 0.353. The van der Waals surface area contributed by atoms with Gasteiger partial charge in [-0.2, -0.15) is 0 Å². The zero-order valence-electron chi connectivity index (χ0n) is 15.1. The van der Waals surface area contributed by atoms with Crippen molar-refractivity contribution in [3.05, 3.63) is 34.8 Å². The smallest absolute Gasteiger partial charge is 0.350 e. The van der Waals surface area contributed by atoms with Crippen LogP contribution < -0.4 is 10.1 Å². The molecule has 0 aliphatic rings. The fourth-order valence-corrected chi connectivity index (χ4v) is 4.26. The van der Waals surface area contributed by atoms with Crippen LogP contribution in [-0.2, 0) is 19.4 Å². The molecule has 10 heteroatoms. The number of aromatic nitrogens is 1. The Bertz CT molecular complexity index is 919. The van der Waals surface area contributed by atoms with Crippen molar-refractivity contribution in [2.45, 2.75) is 25.2 Å². The highest BCUT2D eigenvalue weighted by Gasteiger charge is 2.20. The predicted octanol–water partition coefficient (Wildman–Crippen LogP) is 2.44. The van der Waals surface area contributed by atoms with E-state index in [0.717, 1.165) is 11.3 Å². The van der Waals surface area contributed by atoms with Gasteiger partial charge in [-0.1, -0.05) is 11.3 Å². The number of aryl methyl sites for hydroxylation is 1. The van der Waals surface area contributed by atoms with Crippen LogP contribution >= 0.6 is 11.3 Å². The molecule has 0 saturated heterocycles. The maximum absolute atomic E-state index is 12.3. The Morgan fingerprint density at radius 3 is 2.48 bits per heavy atom. The number of ether oxygens (including phenoxy) is 2. The third-order valence-corrected chi connectivity index (χ3v) is 6.31. The molecule has 0 atom stereocenters. The Kier molecular flexibility index (Phi) is 6.92. The molecule has 0 aliphatic carbocycles. The molecule has 2 aromatic rings. The molecular formula is C17H20N2O6S2. The first-order chi connectivity index (χ1) is 12.8. The standard InChI is InChI=1S/C17H20N2O6S2/c1-4-25-16(21)15-11(2)18-17(26-15)19-14(20)9-10-27(22,23)13-7-5-12(24-3)6-8-13/h5-8H,4,9-10H2,1-3H3,(H,18,19,20). The molecule has 0 bridgehead atoms. The Balaban J connectivity index is 1.97. The predicted molar refractivity (Wildman–Crippen MR) is 101 cm³/mol. The Morgan fingerprint density at radius 2 is 1.89 bits per heavy atom. The van der Waals surface area contributed by atoms with Crippen LogP contribution in [0.3, 0.4) is 0 Å². The lowest BCUT2D eigenvalue weighted by atomic mass is 10.3. The molecule has 0 spiro atoms. The summed E-state index contributed by atoms with van der Waals surface area (Å²) in [6.07, 6.45) is -0.234. The van der Waals surface area contributed by atoms with E-state index in [2.05, 4.69) is 10.3 Å². The number of carbonyl (C=O) groups is 2. The van der Waals surface area contributed by atoms with Crippen LogP contribution in [-0.4, -0.2) is 44.7 Å². The van der Waals surface area contributed by atoms with Gasteiger partial charge in [0.25, 0.3) is 0 Å². The maximum atomic E-state index is 12.3. The molecule has 0 unspecified atom stereocenters. The van der Waals surface area contributed by atoms with Gasteiger partial charge in [-0.3, -0.25) is 4.79 Å². The number of methoxy groups -OCH3 is 1. The summed E-state index contributed by atoms with van der Waals surface area (Å²) < 4.78 is 34.5. The lowest BCUT2D eigenvalue weighted by Crippen LogP contribution is -2.17. The highest BCUT2D eigenvalue weighted by atomic mass is 32.2. The van der Waals surface area contributed by atoms with E-state index < -0.39 is 21.7 Å². The van der Waals surface area contributed by atoms with E-state index in [4.69, 9.17) is 9.47 Å². The highest BCUT2D eigenvalue weighted by Crippen LogP contribution is 2.24. The summed E-state index contributed by atoms with van der Waals surface area (Å²) in [5.74, 6) is -0.810. The number of nitrogens with one attached hydrogen (secondary N) is 1. The normalized spacial score (nSPS) is 11.1. The van der Waals surface area contributed by atoms with Crippen molar-refractivity contribution in [1.82, 2.24) is 4.98 Å². The van der Waals surface area contributed by atoms with Crippen LogP contribution in [0.4, 0.5) is 5.13 Å². The van der Waals surface area contributed by atoms with Gasteiger partial charge in [0.1, 0.15) is 10.6 Å². The molecular weight excluding hydrogens is 392 g/mol. The topological polar surface area (TPSA) is 112 Å². The van der Waals surface area contributed by atoms with E-state index in [0.29, 0.717) is 16.3 Å². The Hall–Kier alpha value is -2.46. The summed E-state index contributed by atoms with van der Waals surface area (Å²) in [6, 6.07) is 5.95. The van der Waals surface area contributed by atoms with Crippen molar-refractivity contribution in [3.8, 4) is 5.75 Å². The van der Waals surface area contributed by atoms with Gasteiger partial charge < -0.3 is 14.8 Å². The average Bonchev–Trinajstić information content (AvgIpc) is 3.00. The summed E-state index contributed by atoms with van der Waals surface area (Å²) in [5.41, 5.74) is 0.444. The van der Waals surface area contributed by atoms with Gasteiger partial charge in [0.2, 0.25) is 5.91 Å². The van der Waals surface area contributed by atoms with Crippen LogP contribution in [0, 0.1) is 6.92 Å². The van der Waals surface area contributed by atoms with Crippen molar-refractivity contribution < 1.29 is 27.5 Å². The van der Waals surface area contributed by atoms with E-state index in [1.807, 2.05) is 0 Å². The number of rotatable bonds is 8. The third-order valence-electron chi connectivity index (χ3n) is 3.52. The molecule has 8 nitrogen and oxygen atoms in total. The van der Waals surface area contributed by atoms with Crippen molar-refractivity contribution in [1.29, 1.82) is 0 Å². The monoisotopic (exact) mass is 412 g/mol. The summed E-state index contributed by atoms with van der Waals surface area (Å²) in [5, 5.41) is 2.74. The van der Waals surface area contributed by atoms with Crippen molar-refractivity contribution in [2.75, 3.05) is 24.8 Å². The first-order valence-electron chi connectivity index (χ1n) is 8.08. The van der Waals surface area contributed by atoms with E-state index in [1.165, 1.54) is 19.2 Å². The van der Waals surface area contributed by atoms with E-state index >= 15 is 0 Å².